The minimum Gasteiger partial charge on any atom is -0.341 e. The summed E-state index contributed by atoms with van der Waals surface area (Å²) < 4.78 is 29.9. The molecule has 3 aromatic rings. The Bertz CT molecular complexity index is 1510. The van der Waals surface area contributed by atoms with Gasteiger partial charge in [0.05, 0.1) is 10.9 Å². The van der Waals surface area contributed by atoms with Gasteiger partial charge in [-0.1, -0.05) is 56.3 Å². The molecular formula is C30H36N4O4S. The van der Waals surface area contributed by atoms with E-state index in [0.717, 1.165) is 18.5 Å². The van der Waals surface area contributed by atoms with Crippen molar-refractivity contribution in [3.05, 3.63) is 71.8 Å². The summed E-state index contributed by atoms with van der Waals surface area (Å²) in [5.41, 5.74) is 1.89. The normalized spacial score (nSPS) is 19.8. The number of fused-ring (bicyclic) bond motifs is 1. The molecule has 2 heterocycles. The van der Waals surface area contributed by atoms with Gasteiger partial charge in [0.1, 0.15) is 0 Å². The number of nitrogens with zero attached hydrogens (tertiary/aromatic N) is 1. The Hall–Kier alpha value is -3.27. The quantitative estimate of drug-likeness (QED) is 0.431. The molecule has 2 aliphatic rings. The maximum Gasteiger partial charge on any atom is 0.255 e. The molecule has 9 heteroatoms. The summed E-state index contributed by atoms with van der Waals surface area (Å²) in [5.74, 6) is -0.141. The first-order valence-corrected chi connectivity index (χ1v) is 15.0. The second kappa shape index (κ2) is 10.7. The maximum absolute atomic E-state index is 13.5. The van der Waals surface area contributed by atoms with E-state index in [1.54, 1.807) is 30.3 Å². The van der Waals surface area contributed by atoms with Crippen molar-refractivity contribution in [2.75, 3.05) is 25.0 Å². The van der Waals surface area contributed by atoms with Crippen LogP contribution >= 0.6 is 0 Å². The summed E-state index contributed by atoms with van der Waals surface area (Å²) in [7, 11) is -3.84. The molecule has 0 radical (unpaired) electrons. The van der Waals surface area contributed by atoms with Crippen LogP contribution in [0.4, 0.5) is 5.69 Å². The zero-order chi connectivity index (χ0) is 27.8. The fourth-order valence-corrected chi connectivity index (χ4v) is 7.21. The van der Waals surface area contributed by atoms with Gasteiger partial charge in [-0.25, -0.2) is 13.1 Å². The van der Waals surface area contributed by atoms with Crippen LogP contribution < -0.4 is 15.4 Å². The van der Waals surface area contributed by atoms with Gasteiger partial charge < -0.3 is 15.5 Å². The van der Waals surface area contributed by atoms with Crippen LogP contribution in [0.3, 0.4) is 0 Å². The molecule has 0 aliphatic carbocycles. The molecule has 5 rings (SSSR count). The lowest BCUT2D eigenvalue weighted by Crippen LogP contribution is -2.53. The topological polar surface area (TPSA) is 108 Å². The number of sulfonamides is 1. The SMILES string of the molecule is Cc1ccccc1C(=O)Nc1ccc(S(=O)(=O)NC2CCN(C(=O)[C@H]3NCCC3(C)C)CC2)c2ccccc12. The van der Waals surface area contributed by atoms with Crippen LogP contribution in [0.1, 0.15) is 49.0 Å². The third-order valence-corrected chi connectivity index (χ3v) is 9.66. The van der Waals surface area contributed by atoms with E-state index in [2.05, 4.69) is 29.2 Å². The molecule has 8 nitrogen and oxygen atoms in total. The molecule has 0 aromatic heterocycles. The molecule has 2 saturated heterocycles. The van der Waals surface area contributed by atoms with Gasteiger partial charge in [-0.05, 0) is 61.9 Å². The van der Waals surface area contributed by atoms with Crippen molar-refractivity contribution in [3.8, 4) is 0 Å². The largest absolute Gasteiger partial charge is 0.341 e. The van der Waals surface area contributed by atoms with Crippen LogP contribution in [0.25, 0.3) is 10.8 Å². The predicted octanol–water partition coefficient (Wildman–Crippen LogP) is 4.06. The van der Waals surface area contributed by atoms with Crippen molar-refractivity contribution < 1.29 is 18.0 Å². The Kier molecular flexibility index (Phi) is 7.50. The zero-order valence-corrected chi connectivity index (χ0v) is 23.5. The second-order valence-electron chi connectivity index (χ2n) is 11.3. The smallest absolute Gasteiger partial charge is 0.255 e. The fraction of sp³-hybridized carbons (Fsp3) is 0.400. The predicted molar refractivity (Wildman–Crippen MR) is 153 cm³/mol. The lowest BCUT2D eigenvalue weighted by molar-refractivity contribution is -0.136. The number of rotatable bonds is 6. The first-order valence-electron chi connectivity index (χ1n) is 13.5. The van der Waals surface area contributed by atoms with E-state index < -0.39 is 10.0 Å². The van der Waals surface area contributed by atoms with E-state index in [0.29, 0.717) is 48.0 Å². The highest BCUT2D eigenvalue weighted by Crippen LogP contribution is 2.33. The number of amides is 2. The molecule has 2 amide bonds. The summed E-state index contributed by atoms with van der Waals surface area (Å²) in [6, 6.07) is 17.2. The van der Waals surface area contributed by atoms with Gasteiger partial charge in [-0.15, -0.1) is 0 Å². The number of benzene rings is 3. The van der Waals surface area contributed by atoms with Crippen LogP contribution in [0.5, 0.6) is 0 Å². The van der Waals surface area contributed by atoms with E-state index in [9.17, 15) is 18.0 Å². The number of anilines is 1. The van der Waals surface area contributed by atoms with Crippen molar-refractivity contribution in [1.82, 2.24) is 14.9 Å². The average molecular weight is 549 g/mol. The lowest BCUT2D eigenvalue weighted by atomic mass is 9.84. The van der Waals surface area contributed by atoms with Gasteiger partial charge in [0, 0.05) is 41.2 Å². The number of nitrogens with one attached hydrogen (secondary N) is 3. The van der Waals surface area contributed by atoms with Crippen molar-refractivity contribution >= 4 is 38.3 Å². The summed E-state index contributed by atoms with van der Waals surface area (Å²) in [4.78, 5) is 28.1. The standard InChI is InChI=1S/C30H36N4O4S/c1-20-8-4-5-9-22(20)28(35)32-25-12-13-26(24-11-7-6-10-23(24)25)39(37,38)33-21-14-18-34(19-15-21)29(36)27-30(2,3)16-17-31-27/h4-13,21,27,31,33H,14-19H2,1-3H3,(H,32,35)/t27-/m1/s1. The Morgan fingerprint density at radius 2 is 1.62 bits per heavy atom. The van der Waals surface area contributed by atoms with Crippen molar-refractivity contribution in [2.45, 2.75) is 57.0 Å². The van der Waals surface area contributed by atoms with E-state index >= 15 is 0 Å². The fourth-order valence-electron chi connectivity index (χ4n) is 5.70. The van der Waals surface area contributed by atoms with Crippen molar-refractivity contribution in [2.24, 2.45) is 5.41 Å². The van der Waals surface area contributed by atoms with Gasteiger partial charge in [-0.2, -0.15) is 0 Å². The molecule has 1 atom stereocenters. The number of likely N-dealkylation sites (tertiary alicyclic amines) is 1. The van der Waals surface area contributed by atoms with Crippen LogP contribution in [-0.4, -0.2) is 56.9 Å². The molecule has 2 fully saturated rings. The molecule has 39 heavy (non-hydrogen) atoms. The number of piperidine rings is 1. The second-order valence-corrected chi connectivity index (χ2v) is 13.0. The highest BCUT2D eigenvalue weighted by Gasteiger charge is 2.42. The summed E-state index contributed by atoms with van der Waals surface area (Å²) in [6.07, 6.45) is 2.07. The zero-order valence-electron chi connectivity index (χ0n) is 22.7. The van der Waals surface area contributed by atoms with Crippen molar-refractivity contribution in [3.63, 3.8) is 0 Å². The first kappa shape index (κ1) is 27.3. The maximum atomic E-state index is 13.5. The molecule has 0 unspecified atom stereocenters. The molecule has 206 valence electrons. The number of carbonyl (C=O) groups excluding carboxylic acids is 2. The van der Waals surface area contributed by atoms with E-state index in [-0.39, 0.29) is 34.2 Å². The van der Waals surface area contributed by atoms with E-state index in [1.807, 2.05) is 42.2 Å². The van der Waals surface area contributed by atoms with Gasteiger partial charge >= 0.3 is 0 Å². The highest BCUT2D eigenvalue weighted by molar-refractivity contribution is 7.89. The lowest BCUT2D eigenvalue weighted by Gasteiger charge is -2.36. The van der Waals surface area contributed by atoms with Crippen LogP contribution in [-0.2, 0) is 14.8 Å². The summed E-state index contributed by atoms with van der Waals surface area (Å²) >= 11 is 0. The molecule has 3 N–H and O–H groups in total. The number of aryl methyl sites for hydroxylation is 1. The summed E-state index contributed by atoms with van der Waals surface area (Å²) in [6.45, 7) is 7.97. The van der Waals surface area contributed by atoms with Gasteiger partial charge in [-0.3, -0.25) is 9.59 Å². The molecule has 0 bridgehead atoms. The van der Waals surface area contributed by atoms with Gasteiger partial charge in [0.2, 0.25) is 15.9 Å². The average Bonchev–Trinajstić information content (AvgIpc) is 3.27. The number of hydrogen-bond acceptors (Lipinski definition) is 5. The van der Waals surface area contributed by atoms with Crippen LogP contribution in [0.15, 0.2) is 65.6 Å². The first-order chi connectivity index (χ1) is 18.6. The molecule has 0 saturated carbocycles. The van der Waals surface area contributed by atoms with E-state index in [4.69, 9.17) is 0 Å². The summed E-state index contributed by atoms with van der Waals surface area (Å²) in [5, 5.41) is 7.47. The Balaban J connectivity index is 1.30. The third-order valence-electron chi connectivity index (χ3n) is 8.09. The Morgan fingerprint density at radius 1 is 0.949 bits per heavy atom. The molecule has 3 aromatic carbocycles. The van der Waals surface area contributed by atoms with Crippen LogP contribution in [0.2, 0.25) is 0 Å². The Morgan fingerprint density at radius 3 is 2.28 bits per heavy atom. The van der Waals surface area contributed by atoms with Crippen molar-refractivity contribution in [1.29, 1.82) is 0 Å². The minimum absolute atomic E-state index is 0.0812. The monoisotopic (exact) mass is 548 g/mol. The minimum atomic E-state index is -3.84. The molecule has 2 aliphatic heterocycles. The highest BCUT2D eigenvalue weighted by atomic mass is 32.2. The van der Waals surface area contributed by atoms with Gasteiger partial charge in [0.25, 0.3) is 5.91 Å². The number of hydrogen-bond donors (Lipinski definition) is 3. The van der Waals surface area contributed by atoms with E-state index in [1.165, 1.54) is 0 Å². The molecule has 0 spiro atoms. The third kappa shape index (κ3) is 5.57. The van der Waals surface area contributed by atoms with Gasteiger partial charge in [0.15, 0.2) is 0 Å². The Labute approximate surface area is 230 Å². The molecular weight excluding hydrogens is 512 g/mol. The van der Waals surface area contributed by atoms with Crippen LogP contribution in [0, 0.1) is 12.3 Å². The number of carbonyl (C=O) groups is 2.